The van der Waals surface area contributed by atoms with Crippen molar-refractivity contribution in [3.05, 3.63) is 0 Å². The van der Waals surface area contributed by atoms with E-state index in [1.807, 2.05) is 0 Å². The summed E-state index contributed by atoms with van der Waals surface area (Å²) in [6.07, 6.45) is 3.35. The maximum Gasteiger partial charge on any atom is 0.323 e. The van der Waals surface area contributed by atoms with Gasteiger partial charge in [-0.15, -0.1) is 0 Å². The number of hydrogen-bond donors (Lipinski definition) is 2. The van der Waals surface area contributed by atoms with Gasteiger partial charge < -0.3 is 15.3 Å². The van der Waals surface area contributed by atoms with Gasteiger partial charge in [0.2, 0.25) is 0 Å². The molecule has 5 nitrogen and oxygen atoms in total. The summed E-state index contributed by atoms with van der Waals surface area (Å²) in [4.78, 5) is 24.1. The lowest BCUT2D eigenvalue weighted by molar-refractivity contribution is -0.137. The molecule has 0 aromatic heterocycles. The van der Waals surface area contributed by atoms with Crippen LogP contribution in [0.1, 0.15) is 33.1 Å². The minimum Gasteiger partial charge on any atom is -0.480 e. The van der Waals surface area contributed by atoms with Gasteiger partial charge in [0.1, 0.15) is 6.54 Å². The summed E-state index contributed by atoms with van der Waals surface area (Å²) < 4.78 is 0. The molecule has 2 saturated carbocycles. The van der Waals surface area contributed by atoms with Crippen molar-refractivity contribution in [2.24, 2.45) is 17.3 Å². The fraction of sp³-hybridized carbons (Fsp3) is 0.846. The molecule has 2 fully saturated rings. The maximum atomic E-state index is 11.9. The largest absolute Gasteiger partial charge is 0.480 e. The molecule has 102 valence electrons. The Morgan fingerprint density at radius 2 is 2.00 bits per heavy atom. The molecule has 0 heterocycles. The highest BCUT2D eigenvalue weighted by Crippen LogP contribution is 2.50. The van der Waals surface area contributed by atoms with Crippen LogP contribution in [-0.4, -0.2) is 41.6 Å². The number of carbonyl (C=O) groups excluding carboxylic acids is 1. The van der Waals surface area contributed by atoms with E-state index in [0.29, 0.717) is 30.3 Å². The summed E-state index contributed by atoms with van der Waals surface area (Å²) in [6, 6.07) is -0.230. The van der Waals surface area contributed by atoms with E-state index >= 15 is 0 Å². The molecule has 0 spiro atoms. The minimum atomic E-state index is -0.947. The Bertz CT molecular complexity index is 350. The number of aliphatic carboxylic acids is 1. The lowest BCUT2D eigenvalue weighted by Crippen LogP contribution is -2.44. The Morgan fingerprint density at radius 1 is 1.39 bits per heavy atom. The van der Waals surface area contributed by atoms with Gasteiger partial charge in [-0.3, -0.25) is 4.79 Å². The fourth-order valence-corrected chi connectivity index (χ4v) is 2.24. The van der Waals surface area contributed by atoms with Crippen LogP contribution in [-0.2, 0) is 4.79 Å². The van der Waals surface area contributed by atoms with Crippen LogP contribution in [0.2, 0.25) is 0 Å². The highest BCUT2D eigenvalue weighted by Gasteiger charge is 2.45. The van der Waals surface area contributed by atoms with Gasteiger partial charge in [0.25, 0.3) is 0 Å². The predicted octanol–water partition coefficient (Wildman–Crippen LogP) is 1.54. The normalized spacial score (nSPS) is 24.4. The second kappa shape index (κ2) is 4.78. The molecule has 0 radical (unpaired) electrons. The van der Waals surface area contributed by atoms with Crippen LogP contribution in [0.25, 0.3) is 0 Å². The highest BCUT2D eigenvalue weighted by atomic mass is 16.4. The second-order valence-electron chi connectivity index (χ2n) is 6.29. The van der Waals surface area contributed by atoms with E-state index in [2.05, 4.69) is 19.2 Å². The zero-order chi connectivity index (χ0) is 13.3. The number of carboxylic acid groups (broad SMARTS) is 1. The number of rotatable bonds is 6. The summed E-state index contributed by atoms with van der Waals surface area (Å²) >= 11 is 0. The molecule has 18 heavy (non-hydrogen) atoms. The van der Waals surface area contributed by atoms with E-state index in [-0.39, 0.29) is 12.6 Å². The average Bonchev–Trinajstić information content (AvgIpc) is 3.13. The van der Waals surface area contributed by atoms with E-state index < -0.39 is 5.97 Å². The lowest BCUT2D eigenvalue weighted by Gasteiger charge is -2.21. The molecule has 2 amide bonds. The summed E-state index contributed by atoms with van der Waals surface area (Å²) in [5.74, 6) is 0.0964. The topological polar surface area (TPSA) is 69.6 Å². The van der Waals surface area contributed by atoms with Crippen molar-refractivity contribution in [1.29, 1.82) is 0 Å². The van der Waals surface area contributed by atoms with Crippen molar-refractivity contribution in [2.45, 2.75) is 33.1 Å². The Morgan fingerprint density at radius 3 is 2.44 bits per heavy atom. The highest BCUT2D eigenvalue weighted by molar-refractivity contribution is 5.80. The number of amides is 2. The Labute approximate surface area is 108 Å². The van der Waals surface area contributed by atoms with Crippen molar-refractivity contribution in [1.82, 2.24) is 10.2 Å². The predicted molar refractivity (Wildman–Crippen MR) is 67.2 cm³/mol. The van der Waals surface area contributed by atoms with Crippen LogP contribution in [0.15, 0.2) is 0 Å². The van der Waals surface area contributed by atoms with Crippen molar-refractivity contribution < 1.29 is 14.7 Å². The van der Waals surface area contributed by atoms with Gasteiger partial charge in [-0.1, -0.05) is 13.8 Å². The zero-order valence-corrected chi connectivity index (χ0v) is 11.1. The van der Waals surface area contributed by atoms with Gasteiger partial charge in [-0.05, 0) is 36.5 Å². The molecular weight excluding hydrogens is 232 g/mol. The Kier molecular flexibility index (Phi) is 3.50. The fourth-order valence-electron chi connectivity index (χ4n) is 2.24. The molecule has 2 aliphatic carbocycles. The zero-order valence-electron chi connectivity index (χ0n) is 11.1. The first kappa shape index (κ1) is 13.2. The van der Waals surface area contributed by atoms with Crippen molar-refractivity contribution in [3.8, 4) is 0 Å². The molecule has 2 rings (SSSR count). The first-order valence-corrected chi connectivity index (χ1v) is 6.63. The van der Waals surface area contributed by atoms with Crippen LogP contribution in [0.5, 0.6) is 0 Å². The molecule has 0 bridgehead atoms. The number of nitrogens with one attached hydrogen (secondary N) is 1. The molecule has 2 aliphatic rings. The van der Waals surface area contributed by atoms with Gasteiger partial charge in [0.15, 0.2) is 0 Å². The first-order chi connectivity index (χ1) is 8.38. The Balaban J connectivity index is 1.77. The third-order valence-electron chi connectivity index (χ3n) is 4.01. The number of urea groups is 1. The molecule has 1 unspecified atom stereocenters. The third-order valence-corrected chi connectivity index (χ3v) is 4.01. The number of nitrogens with zero attached hydrogens (tertiary/aromatic N) is 1. The average molecular weight is 254 g/mol. The van der Waals surface area contributed by atoms with E-state index in [0.717, 1.165) is 19.3 Å². The first-order valence-electron chi connectivity index (χ1n) is 6.63. The van der Waals surface area contributed by atoms with Gasteiger partial charge in [0.05, 0.1) is 0 Å². The molecule has 0 aliphatic heterocycles. The van der Waals surface area contributed by atoms with Crippen LogP contribution in [0, 0.1) is 17.3 Å². The monoisotopic (exact) mass is 254 g/mol. The lowest BCUT2D eigenvalue weighted by atomic mass is 10.1. The standard InChI is InChI=1S/C13H22N2O3/c1-13(2)5-10(13)6-14-12(18)15(8-11(16)17)7-9-3-4-9/h9-10H,3-8H2,1-2H3,(H,14,18)(H,16,17). The van der Waals surface area contributed by atoms with Gasteiger partial charge in [-0.2, -0.15) is 0 Å². The summed E-state index contributed by atoms with van der Waals surface area (Å²) in [7, 11) is 0. The van der Waals surface area contributed by atoms with Gasteiger partial charge in [0, 0.05) is 13.1 Å². The molecule has 5 heteroatoms. The van der Waals surface area contributed by atoms with Crippen LogP contribution in [0.3, 0.4) is 0 Å². The van der Waals surface area contributed by atoms with E-state index in [1.54, 1.807) is 0 Å². The Hall–Kier alpha value is -1.26. The maximum absolute atomic E-state index is 11.9. The van der Waals surface area contributed by atoms with Gasteiger partial charge in [-0.25, -0.2) is 4.79 Å². The van der Waals surface area contributed by atoms with Crippen molar-refractivity contribution in [2.75, 3.05) is 19.6 Å². The van der Waals surface area contributed by atoms with Crippen LogP contribution in [0.4, 0.5) is 4.79 Å². The van der Waals surface area contributed by atoms with E-state index in [4.69, 9.17) is 5.11 Å². The van der Waals surface area contributed by atoms with E-state index in [9.17, 15) is 9.59 Å². The SMILES string of the molecule is CC1(C)CC1CNC(=O)N(CC(=O)O)CC1CC1. The molecule has 0 aromatic rings. The second-order valence-corrected chi connectivity index (χ2v) is 6.29. The third kappa shape index (κ3) is 3.62. The molecule has 0 aromatic carbocycles. The van der Waals surface area contributed by atoms with Crippen molar-refractivity contribution in [3.63, 3.8) is 0 Å². The number of carboxylic acids is 1. The summed E-state index contributed by atoms with van der Waals surface area (Å²) in [5.41, 5.74) is 0.335. The van der Waals surface area contributed by atoms with E-state index in [1.165, 1.54) is 4.90 Å². The summed E-state index contributed by atoms with van der Waals surface area (Å²) in [6.45, 7) is 5.40. The smallest absolute Gasteiger partial charge is 0.323 e. The van der Waals surface area contributed by atoms with Crippen LogP contribution >= 0.6 is 0 Å². The molecular formula is C13H22N2O3. The quantitative estimate of drug-likeness (QED) is 0.755. The van der Waals surface area contributed by atoms with Crippen LogP contribution < -0.4 is 5.32 Å². The molecule has 2 N–H and O–H groups in total. The summed E-state index contributed by atoms with van der Waals surface area (Å²) in [5, 5.41) is 11.7. The molecule has 1 atom stereocenters. The minimum absolute atomic E-state index is 0.198. The number of carbonyl (C=O) groups is 2. The number of hydrogen-bond acceptors (Lipinski definition) is 2. The van der Waals surface area contributed by atoms with Crippen molar-refractivity contribution >= 4 is 12.0 Å². The molecule has 0 saturated heterocycles. The van der Waals surface area contributed by atoms with Gasteiger partial charge >= 0.3 is 12.0 Å².